The second-order valence-corrected chi connectivity index (χ2v) is 6.47. The van der Waals surface area contributed by atoms with E-state index >= 15 is 0 Å². The molecule has 6 heteroatoms. The number of nitrogens with zero attached hydrogens (tertiary/aromatic N) is 2. The van der Waals surface area contributed by atoms with Gasteiger partial charge in [0.05, 0.1) is 18.9 Å². The summed E-state index contributed by atoms with van der Waals surface area (Å²) in [6.07, 6.45) is 15.8. The van der Waals surface area contributed by atoms with Crippen molar-refractivity contribution in [2.45, 2.75) is 20.8 Å². The summed E-state index contributed by atoms with van der Waals surface area (Å²) in [7, 11) is 0. The summed E-state index contributed by atoms with van der Waals surface area (Å²) in [5, 5.41) is 3.22. The summed E-state index contributed by atoms with van der Waals surface area (Å²) >= 11 is 0. The van der Waals surface area contributed by atoms with Gasteiger partial charge in [0, 0.05) is 28.9 Å². The van der Waals surface area contributed by atoms with Crippen LogP contribution in [0, 0.1) is 5.92 Å². The van der Waals surface area contributed by atoms with Gasteiger partial charge in [-0.1, -0.05) is 56.4 Å². The summed E-state index contributed by atoms with van der Waals surface area (Å²) in [5.41, 5.74) is 8.19. The second kappa shape index (κ2) is 12.9. The fourth-order valence-corrected chi connectivity index (χ4v) is 2.75. The van der Waals surface area contributed by atoms with Crippen molar-refractivity contribution in [1.29, 1.82) is 0 Å². The van der Waals surface area contributed by atoms with E-state index in [0.29, 0.717) is 30.4 Å². The van der Waals surface area contributed by atoms with Crippen LogP contribution in [0.2, 0.25) is 0 Å². The van der Waals surface area contributed by atoms with Crippen LogP contribution in [0.1, 0.15) is 31.1 Å². The Morgan fingerprint density at radius 1 is 1.26 bits per heavy atom. The monoisotopic (exact) mass is 418 g/mol. The van der Waals surface area contributed by atoms with E-state index in [9.17, 15) is 4.79 Å². The predicted octanol–water partition coefficient (Wildman–Crippen LogP) is 4.90. The Bertz CT molecular complexity index is 977. The summed E-state index contributed by atoms with van der Waals surface area (Å²) in [5.74, 6) is 0.211. The van der Waals surface area contributed by atoms with Gasteiger partial charge in [0.25, 0.3) is 0 Å². The van der Waals surface area contributed by atoms with Crippen LogP contribution >= 0.6 is 0 Å². The number of nitrogens with two attached hydrogens (primary N) is 1. The molecule has 0 saturated carbocycles. The minimum atomic E-state index is -0.468. The standard InChI is InChI=1S/C23H24N4O2.C2H6/c1-2-3-14-29-16-17-6-4-9-20(11-10-17)26-23-25-13-12-21(27-23)18-7-5-8-19(15-18)22(24)28;1-2/h2-13,15,17H,14,16H2,1H3,(H2,24,28)(H,25,26,27);1-2H3/b3-2+;. The zero-order valence-electron chi connectivity index (χ0n) is 18.3. The fourth-order valence-electron chi connectivity index (χ4n) is 2.75. The molecule has 1 aromatic heterocycles. The third-order valence-electron chi connectivity index (χ3n) is 4.27. The minimum Gasteiger partial charge on any atom is -0.376 e. The lowest BCUT2D eigenvalue weighted by atomic mass is 10.1. The van der Waals surface area contributed by atoms with E-state index in [2.05, 4.69) is 27.4 Å². The largest absolute Gasteiger partial charge is 0.376 e. The lowest BCUT2D eigenvalue weighted by Gasteiger charge is -2.08. The van der Waals surface area contributed by atoms with Gasteiger partial charge in [-0.15, -0.1) is 0 Å². The lowest BCUT2D eigenvalue weighted by Crippen LogP contribution is -2.10. The van der Waals surface area contributed by atoms with Gasteiger partial charge >= 0.3 is 0 Å². The normalized spacial score (nSPS) is 15.1. The van der Waals surface area contributed by atoms with E-state index in [1.165, 1.54) is 0 Å². The molecular weight excluding hydrogens is 388 g/mol. The van der Waals surface area contributed by atoms with Gasteiger partial charge in [0.2, 0.25) is 11.9 Å². The number of hydrogen-bond acceptors (Lipinski definition) is 5. The third kappa shape index (κ3) is 7.68. The Balaban J connectivity index is 0.00000166. The Labute approximate surface area is 184 Å². The van der Waals surface area contributed by atoms with Crippen LogP contribution in [-0.2, 0) is 4.74 Å². The number of amides is 1. The van der Waals surface area contributed by atoms with E-state index in [1.807, 2.05) is 57.2 Å². The predicted molar refractivity (Wildman–Crippen MR) is 126 cm³/mol. The molecule has 3 rings (SSSR count). The summed E-state index contributed by atoms with van der Waals surface area (Å²) in [4.78, 5) is 20.3. The zero-order chi connectivity index (χ0) is 22.5. The van der Waals surface area contributed by atoms with E-state index in [1.54, 1.807) is 30.5 Å². The van der Waals surface area contributed by atoms with Crippen LogP contribution in [0.25, 0.3) is 11.3 Å². The van der Waals surface area contributed by atoms with Gasteiger partial charge in [-0.05, 0) is 37.3 Å². The molecule has 0 aliphatic heterocycles. The van der Waals surface area contributed by atoms with E-state index < -0.39 is 5.91 Å². The highest BCUT2D eigenvalue weighted by Gasteiger charge is 2.08. The van der Waals surface area contributed by atoms with Crippen LogP contribution in [-0.4, -0.2) is 29.1 Å². The molecule has 2 aromatic rings. The first kappa shape index (κ1) is 23.8. The average molecular weight is 419 g/mol. The third-order valence-corrected chi connectivity index (χ3v) is 4.27. The molecule has 31 heavy (non-hydrogen) atoms. The Morgan fingerprint density at radius 3 is 2.87 bits per heavy atom. The van der Waals surface area contributed by atoms with Crippen LogP contribution < -0.4 is 11.1 Å². The van der Waals surface area contributed by atoms with Crippen molar-refractivity contribution in [3.05, 3.63) is 90.3 Å². The molecule has 0 bridgehead atoms. The SMILES string of the molecule is C/C=C/COCC1C=CC=C(Nc2nccc(-c3cccc(C(N)=O)c3)n2)C=C1.CC. The average Bonchev–Trinajstić information content (AvgIpc) is 3.03. The molecule has 0 spiro atoms. The topological polar surface area (TPSA) is 90.1 Å². The second-order valence-electron chi connectivity index (χ2n) is 6.47. The van der Waals surface area contributed by atoms with E-state index in [4.69, 9.17) is 10.5 Å². The Kier molecular flexibility index (Phi) is 9.91. The van der Waals surface area contributed by atoms with Crippen LogP contribution in [0.15, 0.2) is 84.8 Å². The maximum absolute atomic E-state index is 11.4. The number of carbonyl (C=O) groups excluding carboxylic acids is 1. The Hall–Kier alpha value is -3.51. The number of rotatable bonds is 8. The molecule has 0 saturated heterocycles. The van der Waals surface area contributed by atoms with E-state index in [-0.39, 0.29) is 5.92 Å². The number of benzene rings is 1. The van der Waals surface area contributed by atoms with Crippen molar-refractivity contribution in [3.63, 3.8) is 0 Å². The number of hydrogen-bond donors (Lipinski definition) is 2. The first-order valence-electron chi connectivity index (χ1n) is 10.4. The summed E-state index contributed by atoms with van der Waals surface area (Å²) in [6.45, 7) is 7.22. The minimum absolute atomic E-state index is 0.208. The highest BCUT2D eigenvalue weighted by Crippen LogP contribution is 2.20. The number of nitrogens with one attached hydrogen (secondary N) is 1. The maximum atomic E-state index is 11.4. The quantitative estimate of drug-likeness (QED) is 0.470. The van der Waals surface area contributed by atoms with Crippen LogP contribution in [0.4, 0.5) is 5.95 Å². The molecule has 1 unspecified atom stereocenters. The van der Waals surface area contributed by atoms with Gasteiger partial charge in [-0.3, -0.25) is 4.79 Å². The number of aromatic nitrogens is 2. The lowest BCUT2D eigenvalue weighted by molar-refractivity contribution is 0.100. The zero-order valence-corrected chi connectivity index (χ0v) is 18.3. The molecule has 1 aliphatic carbocycles. The number of primary amides is 1. The van der Waals surface area contributed by atoms with Gasteiger partial charge in [-0.2, -0.15) is 0 Å². The summed E-state index contributed by atoms with van der Waals surface area (Å²) < 4.78 is 5.62. The molecule has 3 N–H and O–H groups in total. The highest BCUT2D eigenvalue weighted by molar-refractivity contribution is 5.94. The number of carbonyl (C=O) groups is 1. The van der Waals surface area contributed by atoms with Gasteiger partial charge in [0.1, 0.15) is 0 Å². The number of allylic oxidation sites excluding steroid dienone is 4. The molecule has 162 valence electrons. The molecule has 1 atom stereocenters. The molecule has 1 aliphatic rings. The van der Waals surface area contributed by atoms with Crippen molar-refractivity contribution in [1.82, 2.24) is 9.97 Å². The molecule has 1 amide bonds. The highest BCUT2D eigenvalue weighted by atomic mass is 16.5. The maximum Gasteiger partial charge on any atom is 0.248 e. The van der Waals surface area contributed by atoms with Gasteiger partial charge in [-0.25, -0.2) is 9.97 Å². The molecule has 1 heterocycles. The molecule has 0 fully saturated rings. The van der Waals surface area contributed by atoms with Crippen molar-refractivity contribution in [2.75, 3.05) is 18.5 Å². The van der Waals surface area contributed by atoms with Crippen molar-refractivity contribution < 1.29 is 9.53 Å². The van der Waals surface area contributed by atoms with Gasteiger partial charge in [0.15, 0.2) is 0 Å². The number of ether oxygens (including phenoxy) is 1. The molecule has 1 aromatic carbocycles. The van der Waals surface area contributed by atoms with Crippen molar-refractivity contribution in [2.24, 2.45) is 11.7 Å². The molecule has 0 radical (unpaired) electrons. The van der Waals surface area contributed by atoms with Crippen molar-refractivity contribution >= 4 is 11.9 Å². The first-order valence-corrected chi connectivity index (χ1v) is 10.4. The van der Waals surface area contributed by atoms with Crippen molar-refractivity contribution in [3.8, 4) is 11.3 Å². The van der Waals surface area contributed by atoms with E-state index in [0.717, 1.165) is 11.3 Å². The number of anilines is 1. The van der Waals surface area contributed by atoms with Crippen LogP contribution in [0.5, 0.6) is 0 Å². The van der Waals surface area contributed by atoms with Crippen LogP contribution in [0.3, 0.4) is 0 Å². The molecular formula is C25H30N4O2. The Morgan fingerprint density at radius 2 is 2.10 bits per heavy atom. The first-order chi connectivity index (χ1) is 15.2. The summed E-state index contributed by atoms with van der Waals surface area (Å²) in [6, 6.07) is 8.86. The molecule has 6 nitrogen and oxygen atoms in total. The fraction of sp³-hybridized carbons (Fsp3) is 0.240. The van der Waals surface area contributed by atoms with Gasteiger partial charge < -0.3 is 15.8 Å². The smallest absolute Gasteiger partial charge is 0.248 e.